The number of aromatic nitrogens is 5. The fourth-order valence-electron chi connectivity index (χ4n) is 6.29. The first-order chi connectivity index (χ1) is 19.6. The molecule has 7 rings (SSSR count). The van der Waals surface area contributed by atoms with Crippen LogP contribution in [0.15, 0.2) is 24.5 Å². The minimum atomic E-state index is -5.14. The van der Waals surface area contributed by atoms with Gasteiger partial charge in [-0.15, -0.1) is 11.3 Å². The van der Waals surface area contributed by atoms with Crippen LogP contribution in [0.1, 0.15) is 36.8 Å². The zero-order chi connectivity index (χ0) is 28.7. The highest BCUT2D eigenvalue weighted by Gasteiger charge is 2.49. The van der Waals surface area contributed by atoms with Crippen LogP contribution in [0.25, 0.3) is 42.5 Å². The number of aromatic hydroxyl groups is 1. The lowest BCUT2D eigenvalue weighted by Crippen LogP contribution is -2.43. The van der Waals surface area contributed by atoms with Crippen molar-refractivity contribution in [3.63, 3.8) is 0 Å². The van der Waals surface area contributed by atoms with E-state index in [1.54, 1.807) is 0 Å². The summed E-state index contributed by atoms with van der Waals surface area (Å²) in [5.41, 5.74) is -3.97. The molecule has 1 aromatic carbocycles. The van der Waals surface area contributed by atoms with Gasteiger partial charge < -0.3 is 9.84 Å². The highest BCUT2D eigenvalue weighted by Crippen LogP contribution is 2.49. The van der Waals surface area contributed by atoms with E-state index in [1.807, 2.05) is 0 Å². The maximum Gasteiger partial charge on any atom is 0.417 e. The van der Waals surface area contributed by atoms with E-state index in [0.29, 0.717) is 18.4 Å². The molecule has 4 aromatic heterocycles. The van der Waals surface area contributed by atoms with Crippen molar-refractivity contribution in [2.45, 2.75) is 43.6 Å². The Balaban J connectivity index is 1.38. The summed E-state index contributed by atoms with van der Waals surface area (Å²) in [6, 6.07) is 2.06. The van der Waals surface area contributed by atoms with E-state index in [4.69, 9.17) is 4.74 Å². The van der Waals surface area contributed by atoms with Crippen LogP contribution in [0, 0.1) is 0 Å². The van der Waals surface area contributed by atoms with Gasteiger partial charge >= 0.3 is 12.2 Å². The highest BCUT2D eigenvalue weighted by atomic mass is 32.1. The van der Waals surface area contributed by atoms with Crippen LogP contribution in [-0.2, 0) is 6.18 Å². The Morgan fingerprint density at radius 2 is 2.07 bits per heavy atom. The standard InChI is InChI=1S/C26H20F6N6O2S/c27-11-7-25(3-1-5-38(25)9-11)10-40-24-35-22(39)17-12-2-4-33-19(20(12)41-23(17)36-24)16-14-8-34-37-15(14)6-13(21(28)29)18(16)26(30,31)32/h2,4,6,8,11,21H,1,3,5,7,9-10H2,(H,34,37)(H,35,36,39)/t11-,25+/m1/s1. The van der Waals surface area contributed by atoms with Gasteiger partial charge in [-0.1, -0.05) is 0 Å². The lowest BCUT2D eigenvalue weighted by Gasteiger charge is -2.30. The molecule has 0 spiro atoms. The van der Waals surface area contributed by atoms with Crippen LogP contribution in [0.4, 0.5) is 26.3 Å². The summed E-state index contributed by atoms with van der Waals surface area (Å²) in [6.45, 7) is 1.21. The highest BCUT2D eigenvalue weighted by molar-refractivity contribution is 7.26. The Bertz CT molecular complexity index is 1820. The zero-order valence-corrected chi connectivity index (χ0v) is 21.8. The molecule has 2 aliphatic rings. The molecule has 0 saturated carbocycles. The third-order valence-corrected chi connectivity index (χ3v) is 9.08. The van der Waals surface area contributed by atoms with Crippen molar-refractivity contribution in [1.29, 1.82) is 0 Å². The number of halogens is 6. The average molecular weight is 595 g/mol. The largest absolute Gasteiger partial charge is 0.493 e. The second kappa shape index (κ2) is 9.14. The van der Waals surface area contributed by atoms with Gasteiger partial charge in [0.05, 0.1) is 38.6 Å². The number of hydrogen-bond acceptors (Lipinski definition) is 8. The number of rotatable bonds is 5. The number of alkyl halides is 6. The predicted molar refractivity (Wildman–Crippen MR) is 138 cm³/mol. The molecule has 41 heavy (non-hydrogen) atoms. The lowest BCUT2D eigenvalue weighted by atomic mass is 9.94. The van der Waals surface area contributed by atoms with Gasteiger partial charge in [0.15, 0.2) is 0 Å². The average Bonchev–Trinajstić information content (AvgIpc) is 3.67. The molecule has 15 heteroatoms. The van der Waals surface area contributed by atoms with Gasteiger partial charge in [-0.05, 0) is 31.5 Å². The SMILES string of the molecule is Oc1nc(OC[C@@]23CCCN2C[C@H](F)C3)nc2sc3c(-c4c(C(F)(F)F)c(C(F)F)cc5[nH]ncc45)nccc3c12. The summed E-state index contributed by atoms with van der Waals surface area (Å²) in [5.74, 6) is -0.463. The van der Waals surface area contributed by atoms with E-state index < -0.39 is 46.9 Å². The molecule has 2 aliphatic heterocycles. The molecule has 5 aromatic rings. The number of thiophene rings is 1. The van der Waals surface area contributed by atoms with Gasteiger partial charge in [-0.2, -0.15) is 28.2 Å². The van der Waals surface area contributed by atoms with E-state index in [0.717, 1.165) is 43.0 Å². The molecule has 0 radical (unpaired) electrons. The molecule has 0 amide bonds. The molecule has 0 aliphatic carbocycles. The van der Waals surface area contributed by atoms with E-state index in [2.05, 4.69) is 30.0 Å². The third-order valence-electron chi connectivity index (χ3n) is 7.97. The van der Waals surface area contributed by atoms with Crippen LogP contribution in [0.5, 0.6) is 11.9 Å². The Morgan fingerprint density at radius 3 is 2.85 bits per heavy atom. The molecule has 2 fully saturated rings. The zero-order valence-electron chi connectivity index (χ0n) is 21.0. The van der Waals surface area contributed by atoms with Crippen LogP contribution >= 0.6 is 11.3 Å². The molecule has 8 nitrogen and oxygen atoms in total. The fraction of sp³-hybridized carbons (Fsp3) is 0.385. The Morgan fingerprint density at radius 1 is 1.24 bits per heavy atom. The van der Waals surface area contributed by atoms with Gasteiger partial charge in [-0.25, -0.2) is 13.2 Å². The maximum absolute atomic E-state index is 14.3. The number of hydrogen-bond donors (Lipinski definition) is 2. The van der Waals surface area contributed by atoms with Crippen molar-refractivity contribution in [2.75, 3.05) is 19.7 Å². The smallest absolute Gasteiger partial charge is 0.417 e. The first-order valence-electron chi connectivity index (χ1n) is 12.7. The predicted octanol–water partition coefficient (Wildman–Crippen LogP) is 6.40. The van der Waals surface area contributed by atoms with E-state index in [1.165, 1.54) is 12.3 Å². The van der Waals surface area contributed by atoms with Gasteiger partial charge in [0.25, 0.3) is 6.43 Å². The number of fused-ring (bicyclic) bond motifs is 5. The summed E-state index contributed by atoms with van der Waals surface area (Å²) in [6.07, 6.45) is -5.18. The van der Waals surface area contributed by atoms with Crippen molar-refractivity contribution in [1.82, 2.24) is 30.0 Å². The molecular weight excluding hydrogens is 574 g/mol. The third kappa shape index (κ3) is 4.08. The summed E-state index contributed by atoms with van der Waals surface area (Å²) < 4.78 is 91.0. The second-order valence-corrected chi connectivity index (χ2v) is 11.4. The van der Waals surface area contributed by atoms with Crippen LogP contribution in [0.3, 0.4) is 0 Å². The van der Waals surface area contributed by atoms with E-state index in [9.17, 15) is 31.4 Å². The van der Waals surface area contributed by atoms with Crippen molar-refractivity contribution in [3.8, 4) is 23.1 Å². The molecule has 2 N–H and O–H groups in total. The fourth-order valence-corrected chi connectivity index (χ4v) is 7.44. The topological polar surface area (TPSA) is 100 Å². The second-order valence-electron chi connectivity index (χ2n) is 10.4. The quantitative estimate of drug-likeness (QED) is 0.227. The molecular formula is C26H20F6N6O2S. The molecule has 2 atom stereocenters. The Kier molecular flexibility index (Phi) is 5.84. The molecule has 0 unspecified atom stereocenters. The monoisotopic (exact) mass is 594 g/mol. The van der Waals surface area contributed by atoms with Crippen molar-refractivity contribution < 1.29 is 36.2 Å². The lowest BCUT2D eigenvalue weighted by molar-refractivity contribution is -0.138. The van der Waals surface area contributed by atoms with Crippen LogP contribution in [0.2, 0.25) is 0 Å². The van der Waals surface area contributed by atoms with Gasteiger partial charge in [0.2, 0.25) is 5.88 Å². The number of H-pyrrole nitrogens is 1. The first kappa shape index (κ1) is 26.2. The minimum Gasteiger partial charge on any atom is -0.493 e. The minimum absolute atomic E-state index is 0.00991. The molecule has 6 heterocycles. The van der Waals surface area contributed by atoms with Gasteiger partial charge in [0.1, 0.15) is 17.6 Å². The molecule has 0 bridgehead atoms. The number of pyridine rings is 1. The van der Waals surface area contributed by atoms with Gasteiger partial charge in [-0.3, -0.25) is 15.0 Å². The summed E-state index contributed by atoms with van der Waals surface area (Å²) in [5, 5.41) is 17.5. The number of nitrogens with zero attached hydrogens (tertiary/aromatic N) is 5. The van der Waals surface area contributed by atoms with E-state index >= 15 is 0 Å². The van der Waals surface area contributed by atoms with Crippen molar-refractivity contribution >= 4 is 42.5 Å². The maximum atomic E-state index is 14.3. The first-order valence-corrected chi connectivity index (χ1v) is 13.5. The van der Waals surface area contributed by atoms with E-state index in [-0.39, 0.29) is 44.1 Å². The van der Waals surface area contributed by atoms with Crippen LogP contribution < -0.4 is 4.74 Å². The van der Waals surface area contributed by atoms with Crippen LogP contribution in [-0.4, -0.2) is 66.6 Å². The van der Waals surface area contributed by atoms with Crippen molar-refractivity contribution in [3.05, 3.63) is 35.7 Å². The molecule has 214 valence electrons. The number of ether oxygens (including phenoxy) is 1. The summed E-state index contributed by atoms with van der Waals surface area (Å²) >= 11 is 0.923. The summed E-state index contributed by atoms with van der Waals surface area (Å²) in [4.78, 5) is 14.9. The Labute approximate surface area is 231 Å². The van der Waals surface area contributed by atoms with Gasteiger partial charge in [0, 0.05) is 41.1 Å². The van der Waals surface area contributed by atoms with Crippen molar-refractivity contribution in [2.24, 2.45) is 0 Å². The number of nitrogens with one attached hydrogen (secondary N) is 1. The number of aromatic amines is 1. The molecule has 2 saturated heterocycles. The number of benzene rings is 1. The Hall–Kier alpha value is -3.72. The summed E-state index contributed by atoms with van der Waals surface area (Å²) in [7, 11) is 0. The normalized spacial score (nSPS) is 21.6.